The summed E-state index contributed by atoms with van der Waals surface area (Å²) in [7, 11) is 0. The van der Waals surface area contributed by atoms with Crippen LogP contribution in [-0.2, 0) is 13.0 Å². The molecule has 0 fully saturated rings. The third kappa shape index (κ3) is 4.23. The Kier molecular flexibility index (Phi) is 5.39. The maximum atomic E-state index is 11.9. The zero-order chi connectivity index (χ0) is 19.3. The molecular weight excluding hydrogens is 376 g/mol. The third-order valence-corrected chi connectivity index (χ3v) is 4.81. The van der Waals surface area contributed by atoms with Gasteiger partial charge in [0, 0.05) is 30.5 Å². The molecule has 0 saturated carbocycles. The van der Waals surface area contributed by atoms with Crippen LogP contribution in [-0.4, -0.2) is 22.6 Å². The van der Waals surface area contributed by atoms with E-state index in [-0.39, 0.29) is 11.0 Å². The summed E-state index contributed by atoms with van der Waals surface area (Å²) >= 11 is 5.74. The molecule has 0 spiro atoms. The van der Waals surface area contributed by atoms with Gasteiger partial charge in [-0.2, -0.15) is 0 Å². The SMILES string of the molecule is O=C(NCc1ccc(N2CCCc3ccccc32)cc1)Oc1cc(Cl)ncn1. The van der Waals surface area contributed by atoms with E-state index in [9.17, 15) is 4.79 Å². The average molecular weight is 395 g/mol. The van der Waals surface area contributed by atoms with Gasteiger partial charge in [0.1, 0.15) is 11.5 Å². The van der Waals surface area contributed by atoms with Gasteiger partial charge in [-0.25, -0.2) is 14.8 Å². The van der Waals surface area contributed by atoms with E-state index in [0.717, 1.165) is 30.6 Å². The van der Waals surface area contributed by atoms with Gasteiger partial charge in [0.05, 0.1) is 0 Å². The molecule has 2 aromatic carbocycles. The van der Waals surface area contributed by atoms with Crippen molar-refractivity contribution in [3.05, 3.63) is 77.2 Å². The van der Waals surface area contributed by atoms with Crippen LogP contribution in [0.2, 0.25) is 5.15 Å². The van der Waals surface area contributed by atoms with E-state index in [1.165, 1.54) is 23.6 Å². The molecule has 0 unspecified atom stereocenters. The molecule has 1 aliphatic rings. The monoisotopic (exact) mass is 394 g/mol. The Morgan fingerprint density at radius 1 is 1.14 bits per heavy atom. The fourth-order valence-corrected chi connectivity index (χ4v) is 3.41. The minimum atomic E-state index is -0.594. The van der Waals surface area contributed by atoms with Gasteiger partial charge >= 0.3 is 6.09 Å². The molecule has 1 amide bonds. The van der Waals surface area contributed by atoms with Gasteiger partial charge in [0.2, 0.25) is 5.88 Å². The topological polar surface area (TPSA) is 67.4 Å². The number of anilines is 2. The van der Waals surface area contributed by atoms with Crippen LogP contribution < -0.4 is 15.0 Å². The highest BCUT2D eigenvalue weighted by Crippen LogP contribution is 2.33. The van der Waals surface area contributed by atoms with Crippen molar-refractivity contribution in [2.75, 3.05) is 11.4 Å². The molecule has 6 nitrogen and oxygen atoms in total. The molecule has 1 aromatic heterocycles. The Hall–Kier alpha value is -3.12. The molecule has 0 aliphatic carbocycles. The number of hydrogen-bond acceptors (Lipinski definition) is 5. The van der Waals surface area contributed by atoms with E-state index < -0.39 is 6.09 Å². The molecule has 0 bridgehead atoms. The zero-order valence-corrected chi connectivity index (χ0v) is 15.9. The Morgan fingerprint density at radius 3 is 2.79 bits per heavy atom. The number of carbonyl (C=O) groups excluding carboxylic acids is 1. The summed E-state index contributed by atoms with van der Waals surface area (Å²) in [6, 6.07) is 18.1. The minimum Gasteiger partial charge on any atom is -0.391 e. The minimum absolute atomic E-state index is 0.108. The van der Waals surface area contributed by atoms with Crippen LogP contribution in [0.3, 0.4) is 0 Å². The van der Waals surface area contributed by atoms with E-state index >= 15 is 0 Å². The summed E-state index contributed by atoms with van der Waals surface area (Å²) in [5.41, 5.74) is 4.78. The van der Waals surface area contributed by atoms with Crippen LogP contribution >= 0.6 is 11.6 Å². The highest BCUT2D eigenvalue weighted by atomic mass is 35.5. The van der Waals surface area contributed by atoms with Crippen molar-refractivity contribution < 1.29 is 9.53 Å². The second kappa shape index (κ2) is 8.27. The molecule has 142 valence electrons. The van der Waals surface area contributed by atoms with Crippen LogP contribution in [0.15, 0.2) is 60.9 Å². The normalized spacial score (nSPS) is 13.0. The number of ether oxygens (including phenoxy) is 1. The number of benzene rings is 2. The van der Waals surface area contributed by atoms with Crippen LogP contribution in [0.1, 0.15) is 17.5 Å². The van der Waals surface area contributed by atoms with Crippen LogP contribution in [0.4, 0.5) is 16.2 Å². The molecule has 1 aliphatic heterocycles. The lowest BCUT2D eigenvalue weighted by Crippen LogP contribution is -2.27. The Labute approximate surface area is 168 Å². The second-order valence-electron chi connectivity index (χ2n) is 6.47. The van der Waals surface area contributed by atoms with Crippen LogP contribution in [0.25, 0.3) is 0 Å². The standard InChI is InChI=1S/C21H19ClN4O2/c22-19-12-20(25-14-24-19)28-21(27)23-13-15-7-9-17(10-8-15)26-11-3-5-16-4-1-2-6-18(16)26/h1-2,4,6-10,12,14H,3,5,11,13H2,(H,23,27). The second-order valence-corrected chi connectivity index (χ2v) is 6.86. The number of aryl methyl sites for hydroxylation is 1. The molecule has 0 atom stereocenters. The number of halogens is 1. The quantitative estimate of drug-likeness (QED) is 0.660. The lowest BCUT2D eigenvalue weighted by molar-refractivity contribution is 0.198. The van der Waals surface area contributed by atoms with E-state index in [1.807, 2.05) is 12.1 Å². The van der Waals surface area contributed by atoms with Gasteiger partial charge in [-0.1, -0.05) is 41.9 Å². The van der Waals surface area contributed by atoms with Crippen molar-refractivity contribution in [1.82, 2.24) is 15.3 Å². The number of carbonyl (C=O) groups is 1. The first-order valence-corrected chi connectivity index (χ1v) is 9.44. The third-order valence-electron chi connectivity index (χ3n) is 4.60. The van der Waals surface area contributed by atoms with E-state index in [1.54, 1.807) is 0 Å². The Bertz CT molecular complexity index is 978. The van der Waals surface area contributed by atoms with Crippen molar-refractivity contribution in [2.24, 2.45) is 0 Å². The maximum Gasteiger partial charge on any atom is 0.414 e. The first-order chi connectivity index (χ1) is 13.7. The lowest BCUT2D eigenvalue weighted by atomic mass is 10.0. The van der Waals surface area contributed by atoms with Gasteiger partial charge in [0.25, 0.3) is 0 Å². The highest BCUT2D eigenvalue weighted by Gasteiger charge is 2.17. The summed E-state index contributed by atoms with van der Waals surface area (Å²) in [4.78, 5) is 21.8. The predicted molar refractivity (Wildman–Crippen MR) is 108 cm³/mol. The number of nitrogens with one attached hydrogen (secondary N) is 1. The Morgan fingerprint density at radius 2 is 1.96 bits per heavy atom. The number of rotatable bonds is 4. The smallest absolute Gasteiger partial charge is 0.391 e. The summed E-state index contributed by atoms with van der Waals surface area (Å²) in [6.07, 6.45) is 2.90. The van der Waals surface area contributed by atoms with Crippen molar-refractivity contribution in [1.29, 1.82) is 0 Å². The van der Waals surface area contributed by atoms with Crippen LogP contribution in [0.5, 0.6) is 5.88 Å². The first-order valence-electron chi connectivity index (χ1n) is 9.07. The van der Waals surface area contributed by atoms with Gasteiger partial charge in [0.15, 0.2) is 0 Å². The molecule has 0 radical (unpaired) electrons. The van der Waals surface area contributed by atoms with Crippen molar-refractivity contribution in [3.8, 4) is 5.88 Å². The number of fused-ring (bicyclic) bond motifs is 1. The van der Waals surface area contributed by atoms with Gasteiger partial charge in [-0.15, -0.1) is 0 Å². The van der Waals surface area contributed by atoms with Crippen molar-refractivity contribution in [2.45, 2.75) is 19.4 Å². The number of nitrogens with zero attached hydrogens (tertiary/aromatic N) is 3. The van der Waals surface area contributed by atoms with E-state index in [2.05, 4.69) is 56.6 Å². The predicted octanol–water partition coefficient (Wildman–Crippen LogP) is 4.50. The largest absolute Gasteiger partial charge is 0.414 e. The average Bonchev–Trinajstić information content (AvgIpc) is 2.72. The highest BCUT2D eigenvalue weighted by molar-refractivity contribution is 6.29. The number of para-hydroxylation sites is 1. The zero-order valence-electron chi connectivity index (χ0n) is 15.1. The van der Waals surface area contributed by atoms with E-state index in [0.29, 0.717) is 6.54 Å². The molecule has 2 heterocycles. The molecule has 7 heteroatoms. The fraction of sp³-hybridized carbons (Fsp3) is 0.190. The fourth-order valence-electron chi connectivity index (χ4n) is 3.27. The lowest BCUT2D eigenvalue weighted by Gasteiger charge is -2.31. The molecule has 0 saturated heterocycles. The first kappa shape index (κ1) is 18.3. The molecular formula is C21H19ClN4O2. The van der Waals surface area contributed by atoms with Crippen molar-refractivity contribution >= 4 is 29.1 Å². The summed E-state index contributed by atoms with van der Waals surface area (Å²) in [5, 5.41) is 2.92. The van der Waals surface area contributed by atoms with Crippen LogP contribution in [0, 0.1) is 0 Å². The molecule has 28 heavy (non-hydrogen) atoms. The van der Waals surface area contributed by atoms with Crippen molar-refractivity contribution in [3.63, 3.8) is 0 Å². The molecule has 1 N–H and O–H groups in total. The summed E-state index contributed by atoms with van der Waals surface area (Å²) in [6.45, 7) is 1.36. The summed E-state index contributed by atoms with van der Waals surface area (Å²) in [5.74, 6) is 0.108. The number of amides is 1. The molecule has 3 aromatic rings. The number of hydrogen-bond donors (Lipinski definition) is 1. The Balaban J connectivity index is 1.37. The number of aromatic nitrogens is 2. The van der Waals surface area contributed by atoms with E-state index in [4.69, 9.17) is 16.3 Å². The summed E-state index contributed by atoms with van der Waals surface area (Å²) < 4.78 is 5.08. The maximum absolute atomic E-state index is 11.9. The van der Waals surface area contributed by atoms with Gasteiger partial charge < -0.3 is 15.0 Å². The van der Waals surface area contributed by atoms with Gasteiger partial charge in [-0.05, 0) is 42.2 Å². The van der Waals surface area contributed by atoms with Gasteiger partial charge in [-0.3, -0.25) is 0 Å². The molecule has 4 rings (SSSR count).